The molecule has 90 valence electrons. The number of rotatable bonds is 3. The van der Waals surface area contributed by atoms with Gasteiger partial charge in [-0.3, -0.25) is 0 Å². The zero-order valence-electron chi connectivity index (χ0n) is 9.38. The van der Waals surface area contributed by atoms with Crippen LogP contribution >= 0.6 is 12.8 Å². The number of anilines is 1. The third-order valence-electron chi connectivity index (χ3n) is 2.28. The van der Waals surface area contributed by atoms with Crippen molar-refractivity contribution in [1.82, 2.24) is 10.5 Å². The number of urea groups is 1. The Bertz CT molecular complexity index is 526. The number of amides is 2. The summed E-state index contributed by atoms with van der Waals surface area (Å²) >= 11 is 4.13. The molecule has 1 aromatic carbocycles. The van der Waals surface area contributed by atoms with Gasteiger partial charge in [0, 0.05) is 6.54 Å². The fraction of sp³-hybridized carbons (Fsp3) is 0.273. The smallest absolute Gasteiger partial charge is 0.333 e. The first-order chi connectivity index (χ1) is 8.24. The van der Waals surface area contributed by atoms with Crippen LogP contribution in [-0.4, -0.2) is 17.7 Å². The van der Waals surface area contributed by atoms with Crippen molar-refractivity contribution in [2.24, 2.45) is 0 Å². The van der Waals surface area contributed by atoms with E-state index in [0.29, 0.717) is 17.9 Å². The topological polar surface area (TPSA) is 58.4 Å². The van der Waals surface area contributed by atoms with E-state index in [1.54, 1.807) is 6.07 Å². The SMILES string of the molecule is CCCNC(=O)N(S)c1noc2ccccc12. The fourth-order valence-corrected chi connectivity index (χ4v) is 1.64. The van der Waals surface area contributed by atoms with Crippen molar-refractivity contribution in [2.45, 2.75) is 13.3 Å². The summed E-state index contributed by atoms with van der Waals surface area (Å²) in [6.07, 6.45) is 0.868. The molecule has 1 heterocycles. The third kappa shape index (κ3) is 2.36. The number of fused-ring (bicyclic) bond motifs is 1. The van der Waals surface area contributed by atoms with Crippen LogP contribution in [0, 0.1) is 0 Å². The van der Waals surface area contributed by atoms with Gasteiger partial charge in [-0.25, -0.2) is 9.10 Å². The van der Waals surface area contributed by atoms with E-state index in [4.69, 9.17) is 4.52 Å². The van der Waals surface area contributed by atoms with Crippen LogP contribution in [0.2, 0.25) is 0 Å². The van der Waals surface area contributed by atoms with Gasteiger partial charge in [-0.1, -0.05) is 37.0 Å². The summed E-state index contributed by atoms with van der Waals surface area (Å²) in [5.41, 5.74) is 0.629. The standard InChI is InChI=1S/C11H13N3O2S/c1-2-7-12-11(15)14(17)10-8-5-3-4-6-9(8)16-13-10/h3-6,17H,2,7H2,1H3,(H,12,15). The van der Waals surface area contributed by atoms with Crippen LogP contribution in [0.4, 0.5) is 10.6 Å². The summed E-state index contributed by atoms with van der Waals surface area (Å²) in [6, 6.07) is 7.01. The highest BCUT2D eigenvalue weighted by Gasteiger charge is 2.18. The van der Waals surface area contributed by atoms with Gasteiger partial charge in [-0.15, -0.1) is 0 Å². The van der Waals surface area contributed by atoms with Crippen molar-refractivity contribution in [3.63, 3.8) is 0 Å². The van der Waals surface area contributed by atoms with E-state index >= 15 is 0 Å². The maximum Gasteiger partial charge on any atom is 0.333 e. The van der Waals surface area contributed by atoms with Gasteiger partial charge < -0.3 is 9.84 Å². The Labute approximate surface area is 104 Å². The third-order valence-corrected chi connectivity index (χ3v) is 2.65. The lowest BCUT2D eigenvalue weighted by molar-refractivity contribution is 0.249. The fourth-order valence-electron chi connectivity index (χ4n) is 1.43. The molecule has 0 aliphatic rings. The Morgan fingerprint density at radius 1 is 1.53 bits per heavy atom. The molecule has 5 nitrogen and oxygen atoms in total. The molecule has 2 aromatic rings. The predicted molar refractivity (Wildman–Crippen MR) is 69.2 cm³/mol. The first-order valence-electron chi connectivity index (χ1n) is 5.35. The molecule has 6 heteroatoms. The number of thiol groups is 1. The van der Waals surface area contributed by atoms with Crippen LogP contribution in [0.15, 0.2) is 28.8 Å². The van der Waals surface area contributed by atoms with Crippen molar-refractivity contribution in [3.8, 4) is 0 Å². The highest BCUT2D eigenvalue weighted by atomic mass is 32.1. The summed E-state index contributed by atoms with van der Waals surface area (Å²) in [5.74, 6) is 0.400. The molecular formula is C11H13N3O2S. The van der Waals surface area contributed by atoms with Gasteiger partial charge in [0.05, 0.1) is 5.39 Å². The molecule has 1 aromatic heterocycles. The zero-order valence-corrected chi connectivity index (χ0v) is 10.3. The zero-order chi connectivity index (χ0) is 12.3. The van der Waals surface area contributed by atoms with Gasteiger partial charge in [0.1, 0.15) is 0 Å². The second-order valence-corrected chi connectivity index (χ2v) is 3.95. The molecular weight excluding hydrogens is 238 g/mol. The second-order valence-electron chi connectivity index (χ2n) is 3.55. The monoisotopic (exact) mass is 251 g/mol. The Balaban J connectivity index is 2.24. The van der Waals surface area contributed by atoms with Gasteiger partial charge in [-0.05, 0) is 18.6 Å². The molecule has 0 fully saturated rings. The van der Waals surface area contributed by atoms with Crippen molar-refractivity contribution >= 4 is 35.6 Å². The van der Waals surface area contributed by atoms with E-state index in [9.17, 15) is 4.79 Å². The van der Waals surface area contributed by atoms with Crippen molar-refractivity contribution < 1.29 is 9.32 Å². The lowest BCUT2D eigenvalue weighted by atomic mass is 10.2. The van der Waals surface area contributed by atoms with E-state index in [1.165, 1.54) is 0 Å². The Morgan fingerprint density at radius 3 is 3.06 bits per heavy atom. The maximum atomic E-state index is 11.7. The molecule has 0 atom stereocenters. The largest absolute Gasteiger partial charge is 0.354 e. The summed E-state index contributed by atoms with van der Waals surface area (Å²) in [4.78, 5) is 11.7. The number of nitrogens with zero attached hydrogens (tertiary/aromatic N) is 2. The van der Waals surface area contributed by atoms with Gasteiger partial charge in [-0.2, -0.15) is 0 Å². The van der Waals surface area contributed by atoms with E-state index in [2.05, 4.69) is 23.3 Å². The molecule has 0 aliphatic heterocycles. The van der Waals surface area contributed by atoms with Crippen LogP contribution < -0.4 is 9.62 Å². The number of para-hydroxylation sites is 1. The van der Waals surface area contributed by atoms with Gasteiger partial charge in [0.15, 0.2) is 11.4 Å². The van der Waals surface area contributed by atoms with Crippen LogP contribution in [0.3, 0.4) is 0 Å². The normalized spacial score (nSPS) is 10.5. The maximum absolute atomic E-state index is 11.7. The predicted octanol–water partition coefficient (Wildman–Crippen LogP) is 2.60. The minimum Gasteiger partial charge on any atom is -0.354 e. The average Bonchev–Trinajstić information content (AvgIpc) is 2.78. The number of carbonyl (C=O) groups excluding carboxylic acids is 1. The minimum absolute atomic E-state index is 0.311. The van der Waals surface area contributed by atoms with Crippen LogP contribution in [0.25, 0.3) is 11.0 Å². The van der Waals surface area contributed by atoms with Crippen molar-refractivity contribution in [1.29, 1.82) is 0 Å². The molecule has 17 heavy (non-hydrogen) atoms. The first kappa shape index (κ1) is 11.8. The first-order valence-corrected chi connectivity index (χ1v) is 5.75. The van der Waals surface area contributed by atoms with E-state index < -0.39 is 0 Å². The molecule has 2 amide bonds. The summed E-state index contributed by atoms with van der Waals surface area (Å²) in [5, 5.41) is 7.31. The van der Waals surface area contributed by atoms with E-state index in [1.807, 2.05) is 25.1 Å². The summed E-state index contributed by atoms with van der Waals surface area (Å²) < 4.78 is 6.26. The van der Waals surface area contributed by atoms with Crippen molar-refractivity contribution in [3.05, 3.63) is 24.3 Å². The molecule has 1 N–H and O–H groups in total. The number of hydrogen-bond acceptors (Lipinski definition) is 4. The number of carbonyl (C=O) groups is 1. The molecule has 0 saturated heterocycles. The number of nitrogens with one attached hydrogen (secondary N) is 1. The lowest BCUT2D eigenvalue weighted by Crippen LogP contribution is -2.34. The van der Waals surface area contributed by atoms with Gasteiger partial charge >= 0.3 is 6.03 Å². The molecule has 2 rings (SSSR count). The van der Waals surface area contributed by atoms with Crippen LogP contribution in [0.1, 0.15) is 13.3 Å². The quantitative estimate of drug-likeness (QED) is 0.824. The highest BCUT2D eigenvalue weighted by molar-refractivity contribution is 7.82. The second kappa shape index (κ2) is 5.09. The molecule has 0 spiro atoms. The van der Waals surface area contributed by atoms with Crippen molar-refractivity contribution in [2.75, 3.05) is 10.8 Å². The van der Waals surface area contributed by atoms with Gasteiger partial charge in [0.25, 0.3) is 0 Å². The number of hydrogen-bond donors (Lipinski definition) is 2. The van der Waals surface area contributed by atoms with Crippen LogP contribution in [0.5, 0.6) is 0 Å². The summed E-state index contributed by atoms with van der Waals surface area (Å²) in [6.45, 7) is 2.58. The highest BCUT2D eigenvalue weighted by Crippen LogP contribution is 2.26. The lowest BCUT2D eigenvalue weighted by Gasteiger charge is -2.12. The van der Waals surface area contributed by atoms with E-state index in [-0.39, 0.29) is 6.03 Å². The minimum atomic E-state index is -0.311. The van der Waals surface area contributed by atoms with Gasteiger partial charge in [0.2, 0.25) is 0 Å². The Hall–Kier alpha value is -1.69. The molecule has 0 bridgehead atoms. The number of aromatic nitrogens is 1. The number of benzene rings is 1. The molecule has 0 aliphatic carbocycles. The summed E-state index contributed by atoms with van der Waals surface area (Å²) in [7, 11) is 0. The average molecular weight is 251 g/mol. The van der Waals surface area contributed by atoms with E-state index in [0.717, 1.165) is 16.1 Å². The Kier molecular flexibility index (Phi) is 3.53. The Morgan fingerprint density at radius 2 is 2.29 bits per heavy atom. The molecule has 0 radical (unpaired) electrons. The molecule has 0 saturated carbocycles. The molecule has 0 unspecified atom stereocenters. The van der Waals surface area contributed by atoms with Crippen LogP contribution in [-0.2, 0) is 0 Å².